The molecule has 3 saturated carbocycles. The number of benzene rings is 1. The number of nitrogens with one attached hydrogen (secondary N) is 2. The van der Waals surface area contributed by atoms with E-state index < -0.39 is 6.09 Å². The van der Waals surface area contributed by atoms with Crippen LogP contribution in [0.4, 0.5) is 9.18 Å². The first-order chi connectivity index (χ1) is 14.4. The van der Waals surface area contributed by atoms with Gasteiger partial charge in [0.15, 0.2) is 0 Å². The highest BCUT2D eigenvalue weighted by Crippen LogP contribution is 2.55. The first-order valence-electron chi connectivity index (χ1n) is 10.2. The van der Waals surface area contributed by atoms with Crippen LogP contribution in [0, 0.1) is 0 Å². The van der Waals surface area contributed by atoms with Gasteiger partial charge in [-0.15, -0.1) is 0 Å². The predicted molar refractivity (Wildman–Crippen MR) is 109 cm³/mol. The number of carbonyl (C=O) groups excluding carboxylic acids is 1. The highest BCUT2D eigenvalue weighted by atomic mass is 19.1. The monoisotopic (exact) mass is 420 g/mol. The zero-order chi connectivity index (χ0) is 21.6. The number of likely N-dealkylation sites (N-methyl/N-ethyl adjacent to an activating group) is 1. The lowest BCUT2D eigenvalue weighted by Crippen LogP contribution is -2.50. The van der Waals surface area contributed by atoms with Crippen molar-refractivity contribution in [2.45, 2.75) is 49.5 Å². The topological polar surface area (TPSA) is 96.9 Å². The molecule has 0 atom stereocenters. The minimum atomic E-state index is -1.21. The van der Waals surface area contributed by atoms with Gasteiger partial charge < -0.3 is 25.2 Å². The van der Waals surface area contributed by atoms with Crippen LogP contribution in [0.3, 0.4) is 0 Å². The summed E-state index contributed by atoms with van der Waals surface area (Å²) in [4.78, 5) is 22.0. The second-order valence-electron chi connectivity index (χ2n) is 8.16. The minimum Gasteiger partial charge on any atom is -0.489 e. The third kappa shape index (κ3) is 5.11. The molecule has 8 heteroatoms. The molecular formula is C22H29FN2O5. The molecule has 0 heterocycles. The normalized spacial score (nSPS) is 25.6. The molecule has 0 aromatic heterocycles. The van der Waals surface area contributed by atoms with Crippen molar-refractivity contribution >= 4 is 12.0 Å². The van der Waals surface area contributed by atoms with E-state index >= 15 is 0 Å². The molecule has 3 fully saturated rings. The molecule has 0 saturated heterocycles. The molecule has 2 bridgehead atoms. The summed E-state index contributed by atoms with van der Waals surface area (Å²) in [5, 5.41) is 13.3. The summed E-state index contributed by atoms with van der Waals surface area (Å²) in [7, 11) is 1.62. The summed E-state index contributed by atoms with van der Waals surface area (Å²) in [6.45, 7) is -0.0178. The molecule has 3 N–H and O–H groups in total. The van der Waals surface area contributed by atoms with Crippen molar-refractivity contribution in [2.75, 3.05) is 26.8 Å². The molecule has 3 aliphatic rings. The third-order valence-corrected chi connectivity index (χ3v) is 6.48. The second kappa shape index (κ2) is 9.47. The number of rotatable bonds is 9. The van der Waals surface area contributed by atoms with E-state index in [1.54, 1.807) is 7.05 Å². The van der Waals surface area contributed by atoms with Gasteiger partial charge in [-0.3, -0.25) is 4.79 Å². The number of ether oxygens (including phenoxy) is 2. The van der Waals surface area contributed by atoms with Crippen molar-refractivity contribution in [3.8, 4) is 5.75 Å². The standard InChI is InChI=1S/C22H29FN2O5/c1-24-19(26)15-30-22-9-6-21(7-10-22,8-11-22)17-2-4-18(5-3-17)29-14-16(12-23)13-25-20(27)28/h2-5,12,25H,6-11,13-15H2,1H3,(H,24,26)(H,27,28)/b16-12-. The fourth-order valence-electron chi connectivity index (χ4n) is 4.48. The number of amides is 2. The Labute approximate surface area is 175 Å². The van der Waals surface area contributed by atoms with Gasteiger partial charge in [0, 0.05) is 19.2 Å². The van der Waals surface area contributed by atoms with E-state index in [0.717, 1.165) is 38.5 Å². The average Bonchev–Trinajstić information content (AvgIpc) is 2.79. The van der Waals surface area contributed by atoms with E-state index in [1.165, 1.54) is 5.56 Å². The van der Waals surface area contributed by atoms with Gasteiger partial charge in [0.2, 0.25) is 5.91 Å². The summed E-state index contributed by atoms with van der Waals surface area (Å²) in [5.41, 5.74) is 1.44. The highest BCUT2D eigenvalue weighted by molar-refractivity contribution is 5.76. The Morgan fingerprint density at radius 2 is 1.73 bits per heavy atom. The summed E-state index contributed by atoms with van der Waals surface area (Å²) in [6, 6.07) is 7.88. The lowest BCUT2D eigenvalue weighted by molar-refractivity contribution is -0.146. The Morgan fingerprint density at radius 3 is 2.27 bits per heavy atom. The summed E-state index contributed by atoms with van der Waals surface area (Å²) in [5.74, 6) is 0.520. The van der Waals surface area contributed by atoms with E-state index in [-0.39, 0.29) is 42.3 Å². The molecule has 4 rings (SSSR count). The molecule has 0 spiro atoms. The fraction of sp³-hybridized carbons (Fsp3) is 0.545. The molecule has 2 amide bonds. The van der Waals surface area contributed by atoms with Crippen LogP contribution in [0.5, 0.6) is 5.75 Å². The van der Waals surface area contributed by atoms with Crippen molar-refractivity contribution in [1.29, 1.82) is 0 Å². The van der Waals surface area contributed by atoms with Crippen LogP contribution < -0.4 is 15.4 Å². The number of fused-ring (bicyclic) bond motifs is 3. The van der Waals surface area contributed by atoms with Gasteiger partial charge in [0.1, 0.15) is 19.0 Å². The maximum atomic E-state index is 12.9. The number of hydrogen-bond donors (Lipinski definition) is 3. The quantitative estimate of drug-likeness (QED) is 0.570. The maximum Gasteiger partial charge on any atom is 0.404 e. The van der Waals surface area contributed by atoms with Crippen LogP contribution in [0.15, 0.2) is 36.2 Å². The van der Waals surface area contributed by atoms with E-state index in [4.69, 9.17) is 14.6 Å². The first-order valence-corrected chi connectivity index (χ1v) is 10.2. The molecular weight excluding hydrogens is 391 g/mol. The lowest BCUT2D eigenvalue weighted by Gasteiger charge is -2.53. The fourth-order valence-corrected chi connectivity index (χ4v) is 4.48. The van der Waals surface area contributed by atoms with E-state index in [1.807, 2.05) is 12.1 Å². The predicted octanol–water partition coefficient (Wildman–Crippen LogP) is 3.29. The molecule has 164 valence electrons. The van der Waals surface area contributed by atoms with Crippen molar-refractivity contribution in [1.82, 2.24) is 10.6 Å². The SMILES string of the molecule is CNC(=O)COC12CCC(c3ccc(OC/C(=C\F)CNC(=O)O)cc3)(CC1)CC2. The first kappa shape index (κ1) is 22.1. The Hall–Kier alpha value is -2.61. The van der Waals surface area contributed by atoms with Crippen molar-refractivity contribution in [3.63, 3.8) is 0 Å². The average molecular weight is 420 g/mol. The summed E-state index contributed by atoms with van der Waals surface area (Å²) >= 11 is 0. The Morgan fingerprint density at radius 1 is 1.10 bits per heavy atom. The zero-order valence-corrected chi connectivity index (χ0v) is 17.2. The van der Waals surface area contributed by atoms with Crippen LogP contribution in [0.1, 0.15) is 44.1 Å². The molecule has 7 nitrogen and oxygen atoms in total. The second-order valence-corrected chi connectivity index (χ2v) is 8.16. The molecule has 1 aromatic carbocycles. The van der Waals surface area contributed by atoms with Crippen LogP contribution in [0.25, 0.3) is 0 Å². The summed E-state index contributed by atoms with van der Waals surface area (Å²) in [6.07, 6.45) is 5.08. The number of hydrogen-bond acceptors (Lipinski definition) is 4. The smallest absolute Gasteiger partial charge is 0.404 e. The third-order valence-electron chi connectivity index (χ3n) is 6.48. The van der Waals surface area contributed by atoms with Gasteiger partial charge in [0.25, 0.3) is 0 Å². The van der Waals surface area contributed by atoms with Crippen LogP contribution in [0.2, 0.25) is 0 Å². The number of carbonyl (C=O) groups is 2. The zero-order valence-electron chi connectivity index (χ0n) is 17.2. The maximum absolute atomic E-state index is 12.9. The molecule has 0 radical (unpaired) electrons. The molecule has 0 aliphatic heterocycles. The van der Waals surface area contributed by atoms with Gasteiger partial charge in [-0.2, -0.15) is 0 Å². The molecule has 3 aliphatic carbocycles. The summed E-state index contributed by atoms with van der Waals surface area (Å²) < 4.78 is 24.5. The Bertz CT molecular complexity index is 769. The van der Waals surface area contributed by atoms with Gasteiger partial charge in [-0.1, -0.05) is 12.1 Å². The van der Waals surface area contributed by atoms with Crippen molar-refractivity contribution < 1.29 is 28.6 Å². The Kier molecular flexibility index (Phi) is 6.97. The van der Waals surface area contributed by atoms with E-state index in [9.17, 15) is 14.0 Å². The van der Waals surface area contributed by atoms with Gasteiger partial charge in [-0.05, 0) is 61.6 Å². The Balaban J connectivity index is 1.55. The molecule has 30 heavy (non-hydrogen) atoms. The van der Waals surface area contributed by atoms with Crippen molar-refractivity contribution in [2.24, 2.45) is 0 Å². The minimum absolute atomic E-state index is 0.0214. The van der Waals surface area contributed by atoms with E-state index in [2.05, 4.69) is 22.8 Å². The lowest BCUT2D eigenvalue weighted by atomic mass is 9.56. The van der Waals surface area contributed by atoms with Crippen molar-refractivity contribution in [3.05, 3.63) is 41.7 Å². The van der Waals surface area contributed by atoms with Gasteiger partial charge >= 0.3 is 6.09 Å². The largest absolute Gasteiger partial charge is 0.489 e. The van der Waals surface area contributed by atoms with Gasteiger partial charge in [0.05, 0.1) is 11.9 Å². The molecule has 0 unspecified atom stereocenters. The van der Waals surface area contributed by atoms with Gasteiger partial charge in [-0.25, -0.2) is 9.18 Å². The van der Waals surface area contributed by atoms with Crippen LogP contribution in [-0.2, 0) is 14.9 Å². The molecule has 1 aromatic rings. The highest BCUT2D eigenvalue weighted by Gasteiger charge is 2.50. The number of halogens is 1. The number of carboxylic acid groups (broad SMARTS) is 1. The van der Waals surface area contributed by atoms with Crippen LogP contribution >= 0.6 is 0 Å². The van der Waals surface area contributed by atoms with E-state index in [0.29, 0.717) is 12.1 Å². The van der Waals surface area contributed by atoms with Crippen LogP contribution in [-0.4, -0.2) is 49.5 Å².